The first-order chi connectivity index (χ1) is 14.2. The fraction of sp³-hybridized carbons (Fsp3) is 0.300. The average Bonchev–Trinajstić information content (AvgIpc) is 3.44. The van der Waals surface area contributed by atoms with E-state index in [2.05, 4.69) is 15.4 Å². The molecule has 0 aliphatic heterocycles. The second-order valence-corrected chi connectivity index (χ2v) is 9.09. The monoisotopic (exact) mass is 451 g/mol. The van der Waals surface area contributed by atoms with Gasteiger partial charge in [-0.2, -0.15) is 0 Å². The lowest BCUT2D eigenvalue weighted by Gasteiger charge is -2.14. The quantitative estimate of drug-likeness (QED) is 0.571. The molecular formula is C20H22ClN3O5S. The van der Waals surface area contributed by atoms with Crippen LogP contribution in [0.1, 0.15) is 13.3 Å². The van der Waals surface area contributed by atoms with Crippen molar-refractivity contribution >= 4 is 44.8 Å². The van der Waals surface area contributed by atoms with Gasteiger partial charge in [-0.15, -0.1) is 0 Å². The van der Waals surface area contributed by atoms with Crippen molar-refractivity contribution in [1.29, 1.82) is 0 Å². The maximum Gasteiger partial charge on any atom is 0.265 e. The fourth-order valence-electron chi connectivity index (χ4n) is 2.90. The molecule has 160 valence electrons. The Morgan fingerprint density at radius 1 is 1.20 bits per heavy atom. The van der Waals surface area contributed by atoms with Gasteiger partial charge < -0.3 is 15.4 Å². The van der Waals surface area contributed by atoms with Gasteiger partial charge in [0.1, 0.15) is 10.6 Å². The summed E-state index contributed by atoms with van der Waals surface area (Å²) in [7, 11) is -2.71. The summed E-state index contributed by atoms with van der Waals surface area (Å²) < 4.78 is 33.3. The number of benzene rings is 2. The third-order valence-electron chi connectivity index (χ3n) is 4.72. The summed E-state index contributed by atoms with van der Waals surface area (Å²) in [5.41, 5.74) is 0.460. The smallest absolute Gasteiger partial charge is 0.265 e. The first kappa shape index (κ1) is 21.9. The first-order valence-electron chi connectivity index (χ1n) is 9.24. The van der Waals surface area contributed by atoms with E-state index in [1.807, 2.05) is 6.92 Å². The molecule has 1 saturated carbocycles. The fourth-order valence-corrected chi connectivity index (χ4v) is 4.41. The van der Waals surface area contributed by atoms with E-state index in [4.69, 9.17) is 16.3 Å². The molecule has 0 radical (unpaired) electrons. The predicted molar refractivity (Wildman–Crippen MR) is 114 cm³/mol. The Morgan fingerprint density at radius 2 is 1.90 bits per heavy atom. The van der Waals surface area contributed by atoms with Crippen LogP contribution in [0.15, 0.2) is 47.4 Å². The van der Waals surface area contributed by atoms with E-state index in [1.165, 1.54) is 31.4 Å². The van der Waals surface area contributed by atoms with Crippen LogP contribution >= 0.6 is 11.6 Å². The summed E-state index contributed by atoms with van der Waals surface area (Å²) in [5, 5.41) is 5.40. The van der Waals surface area contributed by atoms with Gasteiger partial charge in [-0.3, -0.25) is 14.3 Å². The Kier molecular flexibility index (Phi) is 6.52. The second-order valence-electron chi connectivity index (χ2n) is 7.04. The van der Waals surface area contributed by atoms with Gasteiger partial charge in [0.15, 0.2) is 0 Å². The van der Waals surface area contributed by atoms with E-state index in [9.17, 15) is 18.0 Å². The number of halogens is 1. The van der Waals surface area contributed by atoms with Crippen molar-refractivity contribution in [3.8, 4) is 5.75 Å². The van der Waals surface area contributed by atoms with E-state index >= 15 is 0 Å². The summed E-state index contributed by atoms with van der Waals surface area (Å²) in [5.74, 6) is -0.216. The lowest BCUT2D eigenvalue weighted by atomic mass is 10.3. The highest BCUT2D eigenvalue weighted by Gasteiger charge is 2.39. The van der Waals surface area contributed by atoms with Gasteiger partial charge in [-0.25, -0.2) is 8.42 Å². The Hall–Kier alpha value is -2.78. The van der Waals surface area contributed by atoms with E-state index in [-0.39, 0.29) is 45.4 Å². The van der Waals surface area contributed by atoms with Crippen LogP contribution in [-0.2, 0) is 19.6 Å². The Labute approximate surface area is 180 Å². The number of ether oxygens (including phenoxy) is 1. The molecule has 30 heavy (non-hydrogen) atoms. The number of anilines is 2. The highest BCUT2D eigenvalue weighted by molar-refractivity contribution is 7.92. The maximum atomic E-state index is 12.9. The van der Waals surface area contributed by atoms with Gasteiger partial charge in [0.05, 0.1) is 24.4 Å². The van der Waals surface area contributed by atoms with Gasteiger partial charge in [0.25, 0.3) is 10.0 Å². The van der Waals surface area contributed by atoms with Crippen molar-refractivity contribution in [3.63, 3.8) is 0 Å². The number of methoxy groups -OCH3 is 1. The summed E-state index contributed by atoms with van der Waals surface area (Å²) in [4.78, 5) is 23.8. The Morgan fingerprint density at radius 3 is 2.53 bits per heavy atom. The normalized spacial score (nSPS) is 17.7. The number of carbonyl (C=O) groups excluding carboxylic acids is 2. The van der Waals surface area contributed by atoms with Gasteiger partial charge in [0, 0.05) is 11.6 Å². The van der Waals surface area contributed by atoms with Crippen molar-refractivity contribution in [2.75, 3.05) is 23.7 Å². The van der Waals surface area contributed by atoms with Crippen LogP contribution in [-0.4, -0.2) is 33.9 Å². The largest absolute Gasteiger partial charge is 0.495 e. The topological polar surface area (TPSA) is 114 Å². The number of nitrogens with one attached hydrogen (secondary N) is 3. The molecule has 0 spiro atoms. The Balaban J connectivity index is 1.73. The summed E-state index contributed by atoms with van der Waals surface area (Å²) in [6.45, 7) is 1.77. The zero-order chi connectivity index (χ0) is 21.9. The van der Waals surface area contributed by atoms with E-state index in [0.29, 0.717) is 5.92 Å². The molecule has 1 fully saturated rings. The minimum atomic E-state index is -4.05. The van der Waals surface area contributed by atoms with Crippen LogP contribution in [0.2, 0.25) is 5.02 Å². The summed E-state index contributed by atoms with van der Waals surface area (Å²) >= 11 is 6.04. The average molecular weight is 452 g/mol. The van der Waals surface area contributed by atoms with Crippen molar-refractivity contribution in [2.24, 2.45) is 11.8 Å². The summed E-state index contributed by atoms with van der Waals surface area (Å²) in [6.07, 6.45) is 0.825. The number of rotatable bonds is 8. The van der Waals surface area contributed by atoms with Crippen LogP contribution < -0.4 is 20.1 Å². The SMILES string of the molecule is COc1ccc(NC(=O)CNC(=O)C2CC2C)cc1S(=O)(=O)Nc1ccccc1Cl. The molecule has 2 amide bonds. The lowest BCUT2D eigenvalue weighted by Crippen LogP contribution is -2.34. The minimum absolute atomic E-state index is 0.0357. The third-order valence-corrected chi connectivity index (χ3v) is 6.44. The zero-order valence-electron chi connectivity index (χ0n) is 16.4. The minimum Gasteiger partial charge on any atom is -0.495 e. The summed E-state index contributed by atoms with van der Waals surface area (Å²) in [6, 6.07) is 10.6. The highest BCUT2D eigenvalue weighted by Crippen LogP contribution is 2.37. The molecule has 1 aliphatic rings. The van der Waals surface area contributed by atoms with E-state index < -0.39 is 15.9 Å². The van der Waals surface area contributed by atoms with E-state index in [0.717, 1.165) is 6.42 Å². The maximum absolute atomic E-state index is 12.9. The van der Waals surface area contributed by atoms with Gasteiger partial charge in [-0.1, -0.05) is 30.7 Å². The molecule has 10 heteroatoms. The van der Waals surface area contributed by atoms with E-state index in [1.54, 1.807) is 18.2 Å². The molecule has 3 rings (SSSR count). The van der Waals surface area contributed by atoms with Crippen LogP contribution in [0.25, 0.3) is 0 Å². The molecule has 1 aliphatic carbocycles. The van der Waals surface area contributed by atoms with Crippen LogP contribution in [0.3, 0.4) is 0 Å². The number of hydrogen-bond acceptors (Lipinski definition) is 5. The van der Waals surface area contributed by atoms with Crippen LogP contribution in [0.5, 0.6) is 5.75 Å². The van der Waals surface area contributed by atoms with Crippen molar-refractivity contribution in [2.45, 2.75) is 18.2 Å². The number of hydrogen-bond donors (Lipinski definition) is 3. The van der Waals surface area contributed by atoms with Gasteiger partial charge >= 0.3 is 0 Å². The molecule has 8 nitrogen and oxygen atoms in total. The number of sulfonamides is 1. The standard InChI is InChI=1S/C20H22ClN3O5S/c1-12-9-14(12)20(26)22-11-19(25)23-13-7-8-17(29-2)18(10-13)30(27,28)24-16-6-4-3-5-15(16)21/h3-8,10,12,14,24H,9,11H2,1-2H3,(H,22,26)(H,23,25). The predicted octanol–water partition coefficient (Wildman–Crippen LogP) is 2.86. The first-order valence-corrected chi connectivity index (χ1v) is 11.1. The molecule has 2 unspecified atom stereocenters. The number of carbonyl (C=O) groups is 2. The zero-order valence-corrected chi connectivity index (χ0v) is 18.0. The van der Waals surface area contributed by atoms with Crippen molar-refractivity contribution in [1.82, 2.24) is 5.32 Å². The molecule has 0 aromatic heterocycles. The molecule has 0 saturated heterocycles. The molecular weight excluding hydrogens is 430 g/mol. The highest BCUT2D eigenvalue weighted by atomic mass is 35.5. The molecule has 3 N–H and O–H groups in total. The van der Waals surface area contributed by atoms with Gasteiger partial charge in [-0.05, 0) is 42.7 Å². The lowest BCUT2D eigenvalue weighted by molar-refractivity contribution is -0.125. The second kappa shape index (κ2) is 8.93. The molecule has 2 aromatic carbocycles. The number of para-hydroxylation sites is 1. The molecule has 2 atom stereocenters. The Bertz CT molecular complexity index is 1070. The van der Waals surface area contributed by atoms with Gasteiger partial charge in [0.2, 0.25) is 11.8 Å². The van der Waals surface area contributed by atoms with Crippen molar-refractivity contribution < 1.29 is 22.7 Å². The van der Waals surface area contributed by atoms with Crippen LogP contribution in [0.4, 0.5) is 11.4 Å². The van der Waals surface area contributed by atoms with Crippen molar-refractivity contribution in [3.05, 3.63) is 47.5 Å². The van der Waals surface area contributed by atoms with Crippen LogP contribution in [0, 0.1) is 11.8 Å². The third kappa shape index (κ3) is 5.22. The molecule has 0 bridgehead atoms. The molecule has 2 aromatic rings. The molecule has 0 heterocycles. The number of amides is 2.